The van der Waals surface area contributed by atoms with Gasteiger partial charge in [-0.05, 0) is 36.9 Å². The zero-order valence-corrected chi connectivity index (χ0v) is 15.7. The molecule has 0 atom stereocenters. The van der Waals surface area contributed by atoms with Crippen LogP contribution in [0.1, 0.15) is 38.9 Å². The molecular weight excluding hydrogens is 352 g/mol. The van der Waals surface area contributed by atoms with Crippen LogP contribution in [-0.2, 0) is 13.0 Å². The zero-order chi connectivity index (χ0) is 19.7. The van der Waals surface area contributed by atoms with Gasteiger partial charge in [-0.1, -0.05) is 25.1 Å². The average Bonchev–Trinajstić information content (AvgIpc) is 2.71. The number of pyridine rings is 1. The van der Waals surface area contributed by atoms with Gasteiger partial charge in [-0.3, -0.25) is 19.5 Å². The number of primary amides is 1. The van der Waals surface area contributed by atoms with Crippen LogP contribution < -0.4 is 11.1 Å². The first-order chi connectivity index (χ1) is 13.6. The molecule has 1 aromatic heterocycles. The maximum Gasteiger partial charge on any atom is 0.256 e. The number of nitrogens with one attached hydrogen (secondary N) is 1. The summed E-state index contributed by atoms with van der Waals surface area (Å²) in [6.45, 7) is 4.72. The van der Waals surface area contributed by atoms with Gasteiger partial charge in [0.05, 0.1) is 11.1 Å². The lowest BCUT2D eigenvalue weighted by Crippen LogP contribution is -2.33. The number of rotatable bonds is 4. The smallest absolute Gasteiger partial charge is 0.256 e. The fraction of sp³-hybridized carbons (Fsp3) is 0.227. The third kappa shape index (κ3) is 3.34. The van der Waals surface area contributed by atoms with Crippen LogP contribution in [-0.4, -0.2) is 34.8 Å². The van der Waals surface area contributed by atoms with Crippen LogP contribution in [0.2, 0.25) is 0 Å². The molecule has 6 nitrogen and oxygen atoms in total. The molecule has 6 heteroatoms. The first-order valence-corrected chi connectivity index (χ1v) is 9.41. The minimum Gasteiger partial charge on any atom is -0.366 e. The molecule has 142 valence electrons. The first kappa shape index (κ1) is 18.1. The van der Waals surface area contributed by atoms with E-state index < -0.39 is 5.91 Å². The average molecular weight is 374 g/mol. The van der Waals surface area contributed by atoms with Gasteiger partial charge < -0.3 is 11.1 Å². The number of hydrogen-bond donors (Lipinski definition) is 2. The van der Waals surface area contributed by atoms with Crippen molar-refractivity contribution in [3.05, 3.63) is 70.9 Å². The molecule has 0 unspecified atom stereocenters. The molecule has 3 aromatic rings. The van der Waals surface area contributed by atoms with Crippen molar-refractivity contribution in [2.75, 3.05) is 18.4 Å². The lowest BCUT2D eigenvalue weighted by molar-refractivity contribution is 0.0998. The van der Waals surface area contributed by atoms with E-state index in [0.29, 0.717) is 23.4 Å². The molecule has 0 saturated heterocycles. The molecule has 4 rings (SSSR count). The number of likely N-dealkylation sites (N-methyl/N-ethyl adjacent to an activating group) is 1. The maximum atomic E-state index is 13.3. The van der Waals surface area contributed by atoms with Crippen LogP contribution in [0.25, 0.3) is 10.9 Å². The number of anilines is 1. The van der Waals surface area contributed by atoms with E-state index in [1.54, 1.807) is 24.3 Å². The SMILES string of the molecule is CCN1CCc2nc3ccccc3c(C(=O)Nc3ccc(C(N)=O)cc3)c2C1. The number of nitrogens with zero attached hydrogens (tertiary/aromatic N) is 2. The maximum absolute atomic E-state index is 13.3. The molecule has 0 spiro atoms. The van der Waals surface area contributed by atoms with Gasteiger partial charge in [0.15, 0.2) is 0 Å². The van der Waals surface area contributed by atoms with Gasteiger partial charge in [-0.2, -0.15) is 0 Å². The highest BCUT2D eigenvalue weighted by Gasteiger charge is 2.25. The molecule has 3 N–H and O–H groups in total. The summed E-state index contributed by atoms with van der Waals surface area (Å²) in [6, 6.07) is 14.3. The molecule has 1 aliphatic heterocycles. The lowest BCUT2D eigenvalue weighted by Gasteiger charge is -2.29. The van der Waals surface area contributed by atoms with E-state index in [9.17, 15) is 9.59 Å². The molecule has 2 aromatic carbocycles. The number of amides is 2. The summed E-state index contributed by atoms with van der Waals surface area (Å²) in [6.07, 6.45) is 0.835. The van der Waals surface area contributed by atoms with Gasteiger partial charge in [0.1, 0.15) is 0 Å². The van der Waals surface area contributed by atoms with Crippen molar-refractivity contribution < 1.29 is 9.59 Å². The largest absolute Gasteiger partial charge is 0.366 e. The van der Waals surface area contributed by atoms with Crippen LogP contribution in [0.5, 0.6) is 0 Å². The summed E-state index contributed by atoms with van der Waals surface area (Å²) in [5, 5.41) is 3.81. The Balaban J connectivity index is 1.75. The minimum absolute atomic E-state index is 0.167. The number of carbonyl (C=O) groups is 2. The highest BCUT2D eigenvalue weighted by molar-refractivity contribution is 6.13. The highest BCUT2D eigenvalue weighted by Crippen LogP contribution is 2.29. The third-order valence-electron chi connectivity index (χ3n) is 5.23. The Bertz CT molecular complexity index is 1060. The van der Waals surface area contributed by atoms with E-state index >= 15 is 0 Å². The van der Waals surface area contributed by atoms with E-state index in [1.165, 1.54) is 0 Å². The number of aromatic nitrogens is 1. The van der Waals surface area contributed by atoms with Crippen molar-refractivity contribution in [3.8, 4) is 0 Å². The Morgan fingerprint density at radius 2 is 1.89 bits per heavy atom. The molecule has 0 bridgehead atoms. The molecule has 2 amide bonds. The van der Waals surface area contributed by atoms with E-state index in [-0.39, 0.29) is 5.91 Å². The molecule has 2 heterocycles. The standard InChI is InChI=1S/C22H22N4O2/c1-2-26-12-11-19-17(13-26)20(16-5-3-4-6-18(16)25-19)22(28)24-15-9-7-14(8-10-15)21(23)27/h3-10H,2,11-13H2,1H3,(H2,23,27)(H,24,28). The van der Waals surface area contributed by atoms with Crippen molar-refractivity contribution in [3.63, 3.8) is 0 Å². The van der Waals surface area contributed by atoms with Gasteiger partial charge in [0.25, 0.3) is 5.91 Å². The second kappa shape index (κ2) is 7.40. The molecule has 1 aliphatic rings. The summed E-state index contributed by atoms with van der Waals surface area (Å²) >= 11 is 0. The van der Waals surface area contributed by atoms with Gasteiger partial charge in [0.2, 0.25) is 5.91 Å². The van der Waals surface area contributed by atoms with Gasteiger partial charge in [0, 0.05) is 47.4 Å². The molecule has 0 radical (unpaired) electrons. The number of nitrogens with two attached hydrogens (primary N) is 1. The predicted molar refractivity (Wildman–Crippen MR) is 109 cm³/mol. The van der Waals surface area contributed by atoms with Crippen molar-refractivity contribution in [2.45, 2.75) is 19.9 Å². The van der Waals surface area contributed by atoms with Crippen LogP contribution in [0.4, 0.5) is 5.69 Å². The number of hydrogen-bond acceptors (Lipinski definition) is 4. The van der Waals surface area contributed by atoms with Crippen LogP contribution in [0, 0.1) is 0 Å². The first-order valence-electron chi connectivity index (χ1n) is 9.41. The second-order valence-electron chi connectivity index (χ2n) is 6.94. The second-order valence-corrected chi connectivity index (χ2v) is 6.94. The summed E-state index contributed by atoms with van der Waals surface area (Å²) in [7, 11) is 0. The quantitative estimate of drug-likeness (QED) is 0.735. The summed E-state index contributed by atoms with van der Waals surface area (Å²) < 4.78 is 0. The highest BCUT2D eigenvalue weighted by atomic mass is 16.2. The van der Waals surface area contributed by atoms with Gasteiger partial charge in [-0.25, -0.2) is 0 Å². The van der Waals surface area contributed by atoms with Crippen LogP contribution >= 0.6 is 0 Å². The molecule has 0 fully saturated rings. The van der Waals surface area contributed by atoms with Crippen molar-refractivity contribution in [2.24, 2.45) is 5.73 Å². The van der Waals surface area contributed by atoms with E-state index in [2.05, 4.69) is 17.1 Å². The topological polar surface area (TPSA) is 88.3 Å². The number of fused-ring (bicyclic) bond motifs is 2. The van der Waals surface area contributed by atoms with Crippen molar-refractivity contribution in [1.29, 1.82) is 0 Å². The Kier molecular flexibility index (Phi) is 4.79. The Labute approximate surface area is 163 Å². The van der Waals surface area contributed by atoms with Crippen LogP contribution in [0.15, 0.2) is 48.5 Å². The Morgan fingerprint density at radius 3 is 2.61 bits per heavy atom. The monoisotopic (exact) mass is 374 g/mol. The Morgan fingerprint density at radius 1 is 1.14 bits per heavy atom. The summed E-state index contributed by atoms with van der Waals surface area (Å²) in [5.41, 5.74) is 9.82. The molecule has 28 heavy (non-hydrogen) atoms. The summed E-state index contributed by atoms with van der Waals surface area (Å²) in [5.74, 6) is -0.661. The van der Waals surface area contributed by atoms with Gasteiger partial charge in [-0.15, -0.1) is 0 Å². The van der Waals surface area contributed by atoms with Crippen LogP contribution in [0.3, 0.4) is 0 Å². The Hall–Kier alpha value is -3.25. The van der Waals surface area contributed by atoms with E-state index in [1.807, 2.05) is 24.3 Å². The van der Waals surface area contributed by atoms with Crippen molar-refractivity contribution >= 4 is 28.4 Å². The fourth-order valence-corrected chi connectivity index (χ4v) is 3.69. The van der Waals surface area contributed by atoms with E-state index in [0.717, 1.165) is 41.7 Å². The molecule has 0 aliphatic carbocycles. The number of benzene rings is 2. The van der Waals surface area contributed by atoms with E-state index in [4.69, 9.17) is 10.7 Å². The molecule has 0 saturated carbocycles. The third-order valence-corrected chi connectivity index (χ3v) is 5.23. The van der Waals surface area contributed by atoms with Gasteiger partial charge >= 0.3 is 0 Å². The lowest BCUT2D eigenvalue weighted by atomic mass is 9.95. The minimum atomic E-state index is -0.494. The number of carbonyl (C=O) groups excluding carboxylic acids is 2. The molecular formula is C22H22N4O2. The normalized spacial score (nSPS) is 13.9. The van der Waals surface area contributed by atoms with Crippen molar-refractivity contribution in [1.82, 2.24) is 9.88 Å². The predicted octanol–water partition coefficient (Wildman–Crippen LogP) is 2.96. The summed E-state index contributed by atoms with van der Waals surface area (Å²) in [4.78, 5) is 31.6. The number of para-hydroxylation sites is 1. The fourth-order valence-electron chi connectivity index (χ4n) is 3.69. The zero-order valence-electron chi connectivity index (χ0n) is 15.7.